The van der Waals surface area contributed by atoms with Crippen LogP contribution in [0, 0.1) is 0 Å². The molecule has 0 aliphatic rings. The van der Waals surface area contributed by atoms with Gasteiger partial charge in [-0.3, -0.25) is 0 Å². The van der Waals surface area contributed by atoms with Gasteiger partial charge in [0.25, 0.3) is 0 Å². The Balaban J connectivity index is 0.000000116. The van der Waals surface area contributed by atoms with Crippen molar-refractivity contribution >= 4 is 64.6 Å². The number of rotatable bonds is 15. The number of hydrogen-bond donors (Lipinski definition) is 0. The maximum Gasteiger partial charge on any atom is 0.164 e. The molecule has 9 heteroatoms. The van der Waals surface area contributed by atoms with Crippen LogP contribution in [0.5, 0.6) is 0 Å². The SMILES string of the molecule is c1ccc(-c2ccc(-c3nc(-c4ccccc4)nc(-c4cc5ccc(-c6ccccc6)cc5c5ccccc45)n3)cc2)cc1.c1ccc(-c2ccc3cc(-c4nc(-c5ccccc5)nc(-c5ccccc5-c5ccccc5)n4)c4ccccc4c3c2)cc1.c1ccc(-c2cccc(-c3nc(-c4ccccc4)nc(-c4cc5c(-c6ccccc6)cccc5c5ccccc45)n3)c2)cc1. The molecule has 9 nitrogen and oxygen atoms in total. The third kappa shape index (κ3) is 16.5. The van der Waals surface area contributed by atoms with Crippen molar-refractivity contribution in [1.29, 1.82) is 0 Å². The molecule has 0 aliphatic heterocycles. The number of fused-ring (bicyclic) bond motifs is 9. The summed E-state index contributed by atoms with van der Waals surface area (Å²) >= 11 is 0. The van der Waals surface area contributed by atoms with Crippen LogP contribution in [0.2, 0.25) is 0 Å². The van der Waals surface area contributed by atoms with Crippen molar-refractivity contribution in [3.63, 3.8) is 0 Å². The summed E-state index contributed by atoms with van der Waals surface area (Å²) in [4.78, 5) is 45.8. The van der Waals surface area contributed by atoms with E-state index in [2.05, 4.69) is 400 Å². The lowest BCUT2D eigenvalue weighted by atomic mass is 9.91. The van der Waals surface area contributed by atoms with Crippen LogP contribution in [-0.2, 0) is 0 Å². The Hall–Kier alpha value is -17.8. The quantitative estimate of drug-likeness (QED) is 0.0925. The van der Waals surface area contributed by atoms with Gasteiger partial charge in [0, 0.05) is 50.1 Å². The molecule has 0 radical (unpaired) electrons. The molecule has 24 aromatic rings. The zero-order valence-electron chi connectivity index (χ0n) is 71.8. The average Bonchev–Trinajstić information content (AvgIpc) is 0.714. The molecule has 0 aliphatic carbocycles. The predicted molar refractivity (Wildman–Crippen MR) is 546 cm³/mol. The molecule has 0 fully saturated rings. The van der Waals surface area contributed by atoms with Gasteiger partial charge in [-0.1, -0.05) is 455 Å². The van der Waals surface area contributed by atoms with E-state index in [-0.39, 0.29) is 0 Å². The first kappa shape index (κ1) is 80.1. The fraction of sp³-hybridized carbons (Fsp3) is 0. The Morgan fingerprint density at radius 3 is 0.720 bits per heavy atom. The van der Waals surface area contributed by atoms with Crippen molar-refractivity contribution in [3.05, 3.63) is 491 Å². The standard InChI is InChI=1S/3C41H27N3/c1-4-14-28(15-5-1)31-24-25-32-27-38(35-22-12-11-21-34(35)37(32)26-31)41-43-39(30-18-8-3-9-19-30)42-40(44-41)36-23-13-10-20-33(36)29-16-6-2-7-17-29;1-4-14-28(15-5-1)31-20-12-21-32(26-31)40-42-39(30-18-8-3-9-19-30)43-41(44-40)38-27-37-33(29-16-6-2-7-17-29)24-13-25-35(37)34-22-10-11-23-36(34)38;1-4-12-28(13-5-1)30-20-22-32(23-21-30)40-42-39(31-16-8-3-9-17-31)43-41(44-40)38-27-34-25-24-33(29-14-6-2-7-15-29)26-37(34)35-18-10-11-19-36(35)38/h3*1-27H. The Morgan fingerprint density at radius 2 is 0.311 bits per heavy atom. The minimum absolute atomic E-state index is 0.646. The molecule has 3 aromatic heterocycles. The van der Waals surface area contributed by atoms with Crippen LogP contribution >= 0.6 is 0 Å². The summed E-state index contributed by atoms with van der Waals surface area (Å²) in [6.45, 7) is 0. The topological polar surface area (TPSA) is 116 Å². The fourth-order valence-electron chi connectivity index (χ4n) is 17.9. The van der Waals surface area contributed by atoms with Gasteiger partial charge in [-0.15, -0.1) is 0 Å². The predicted octanol–water partition coefficient (Wildman–Crippen LogP) is 31.5. The minimum atomic E-state index is 0.646. The second-order valence-electron chi connectivity index (χ2n) is 32.6. The largest absolute Gasteiger partial charge is 0.208 e. The van der Waals surface area contributed by atoms with Gasteiger partial charge in [0.15, 0.2) is 52.4 Å². The number of hydrogen-bond acceptors (Lipinski definition) is 9. The first-order valence-corrected chi connectivity index (χ1v) is 44.4. The molecule has 3 heterocycles. The number of aromatic nitrogens is 9. The van der Waals surface area contributed by atoms with Gasteiger partial charge in [-0.2, -0.15) is 0 Å². The fourth-order valence-corrected chi connectivity index (χ4v) is 17.9. The van der Waals surface area contributed by atoms with Crippen LogP contribution < -0.4 is 0 Å². The van der Waals surface area contributed by atoms with E-state index < -0.39 is 0 Å². The summed E-state index contributed by atoms with van der Waals surface area (Å²) < 4.78 is 0. The van der Waals surface area contributed by atoms with Crippen molar-refractivity contribution in [2.75, 3.05) is 0 Å². The molecular weight excluding hydrogens is 1600 g/mol. The molecular formula is C123H81N9. The van der Waals surface area contributed by atoms with Crippen LogP contribution in [0.4, 0.5) is 0 Å². The van der Waals surface area contributed by atoms with E-state index in [1.165, 1.54) is 76.6 Å². The zero-order chi connectivity index (χ0) is 87.9. The smallest absolute Gasteiger partial charge is 0.164 e. The summed E-state index contributed by atoms with van der Waals surface area (Å²) in [6, 6.07) is 171. The highest BCUT2D eigenvalue weighted by Gasteiger charge is 2.23. The Bertz CT molecular complexity index is 8330. The van der Waals surface area contributed by atoms with Gasteiger partial charge in [0.05, 0.1) is 0 Å². The summed E-state index contributed by atoms with van der Waals surface area (Å²) in [5.41, 5.74) is 22.7. The van der Waals surface area contributed by atoms with E-state index in [0.717, 1.165) is 105 Å². The monoisotopic (exact) mass is 1680 g/mol. The summed E-state index contributed by atoms with van der Waals surface area (Å²) in [5, 5.41) is 13.9. The normalized spacial score (nSPS) is 11.2. The first-order chi connectivity index (χ1) is 65.4. The molecule has 0 amide bonds. The van der Waals surface area contributed by atoms with Crippen molar-refractivity contribution in [3.8, 4) is 169 Å². The first-order valence-electron chi connectivity index (χ1n) is 44.4. The highest BCUT2D eigenvalue weighted by molar-refractivity contribution is 6.18. The van der Waals surface area contributed by atoms with Crippen molar-refractivity contribution in [2.45, 2.75) is 0 Å². The van der Waals surface area contributed by atoms with Gasteiger partial charge in [-0.05, 0) is 168 Å². The molecule has 0 atom stereocenters. The number of benzene rings is 21. The average molecular weight is 1690 g/mol. The lowest BCUT2D eigenvalue weighted by Crippen LogP contribution is -2.01. The highest BCUT2D eigenvalue weighted by Crippen LogP contribution is 2.44. The lowest BCUT2D eigenvalue weighted by molar-refractivity contribution is 1.08. The molecule has 0 N–H and O–H groups in total. The third-order valence-corrected chi connectivity index (χ3v) is 24.4. The Kier molecular flexibility index (Phi) is 22.0. The van der Waals surface area contributed by atoms with E-state index >= 15 is 0 Å². The van der Waals surface area contributed by atoms with Gasteiger partial charge >= 0.3 is 0 Å². The van der Waals surface area contributed by atoms with E-state index in [9.17, 15) is 0 Å². The maximum atomic E-state index is 5.19. The van der Waals surface area contributed by atoms with E-state index in [1.807, 2.05) is 91.0 Å². The lowest BCUT2D eigenvalue weighted by Gasteiger charge is -2.15. The van der Waals surface area contributed by atoms with Crippen LogP contribution in [0.15, 0.2) is 491 Å². The van der Waals surface area contributed by atoms with Crippen LogP contribution in [-0.4, -0.2) is 44.9 Å². The van der Waals surface area contributed by atoms with Crippen LogP contribution in [0.3, 0.4) is 0 Å². The Morgan fingerprint density at radius 1 is 0.0909 bits per heavy atom. The second kappa shape index (κ2) is 36.3. The zero-order valence-corrected chi connectivity index (χ0v) is 71.8. The van der Waals surface area contributed by atoms with Gasteiger partial charge in [0.1, 0.15) is 0 Å². The van der Waals surface area contributed by atoms with Gasteiger partial charge in [0.2, 0.25) is 0 Å². The van der Waals surface area contributed by atoms with Crippen molar-refractivity contribution in [1.82, 2.24) is 44.9 Å². The maximum absolute atomic E-state index is 5.19. The highest BCUT2D eigenvalue weighted by atomic mass is 15.1. The van der Waals surface area contributed by atoms with Gasteiger partial charge in [-0.25, -0.2) is 44.9 Å². The van der Waals surface area contributed by atoms with E-state index in [1.54, 1.807) is 0 Å². The molecule has 0 bridgehead atoms. The molecule has 21 aromatic carbocycles. The summed E-state index contributed by atoms with van der Waals surface area (Å²) in [6.07, 6.45) is 0. The van der Waals surface area contributed by atoms with Crippen molar-refractivity contribution < 1.29 is 0 Å². The molecule has 24 rings (SSSR count). The molecule has 0 saturated carbocycles. The minimum Gasteiger partial charge on any atom is -0.208 e. The molecule has 132 heavy (non-hydrogen) atoms. The van der Waals surface area contributed by atoms with Crippen LogP contribution in [0.1, 0.15) is 0 Å². The van der Waals surface area contributed by atoms with Crippen LogP contribution in [0.25, 0.3) is 234 Å². The molecule has 0 unspecified atom stereocenters. The Labute approximate surface area is 764 Å². The molecule has 0 spiro atoms. The molecule has 0 saturated heterocycles. The van der Waals surface area contributed by atoms with E-state index in [0.29, 0.717) is 52.4 Å². The van der Waals surface area contributed by atoms with E-state index in [4.69, 9.17) is 44.9 Å². The number of nitrogens with zero attached hydrogens (tertiary/aromatic N) is 9. The summed E-state index contributed by atoms with van der Waals surface area (Å²) in [5.74, 6) is 5.86. The van der Waals surface area contributed by atoms with Crippen molar-refractivity contribution in [2.24, 2.45) is 0 Å². The third-order valence-electron chi connectivity index (χ3n) is 24.4. The van der Waals surface area contributed by atoms with Gasteiger partial charge < -0.3 is 0 Å². The second-order valence-corrected chi connectivity index (χ2v) is 32.6. The summed E-state index contributed by atoms with van der Waals surface area (Å²) in [7, 11) is 0. The molecule has 618 valence electrons.